The molecule has 0 fully saturated rings. The van der Waals surface area contributed by atoms with E-state index in [-0.39, 0.29) is 0 Å². The highest BCUT2D eigenvalue weighted by molar-refractivity contribution is 7.14. The molecule has 1 aliphatic heterocycles. The molecule has 0 amide bonds. The zero-order chi connectivity index (χ0) is 6.97. The summed E-state index contributed by atoms with van der Waals surface area (Å²) in [5, 5.41) is 4.08. The molecule has 2 heterocycles. The van der Waals surface area contributed by atoms with Crippen molar-refractivity contribution < 1.29 is 0 Å². The van der Waals surface area contributed by atoms with E-state index in [0.717, 1.165) is 10.7 Å². The number of nitrogens with zero attached hydrogens (tertiary/aromatic N) is 2. The zero-order valence-electron chi connectivity index (χ0n) is 5.16. The number of hydrogen-bond donors (Lipinski definition) is 2. The summed E-state index contributed by atoms with van der Waals surface area (Å²) in [7, 11) is 0. The van der Waals surface area contributed by atoms with Gasteiger partial charge in [-0.3, -0.25) is 0 Å². The molecule has 0 spiro atoms. The zero-order valence-corrected chi connectivity index (χ0v) is 5.98. The third-order valence-corrected chi connectivity index (χ3v) is 2.08. The summed E-state index contributed by atoms with van der Waals surface area (Å²) < 4.78 is 0. The highest BCUT2D eigenvalue weighted by atomic mass is 32.1. The van der Waals surface area contributed by atoms with Gasteiger partial charge in [0.2, 0.25) is 0 Å². The molecule has 3 N–H and O–H groups in total. The second-order valence-electron chi connectivity index (χ2n) is 1.91. The van der Waals surface area contributed by atoms with Crippen LogP contribution < -0.4 is 11.1 Å². The molecule has 1 aromatic heterocycles. The van der Waals surface area contributed by atoms with E-state index in [1.54, 1.807) is 16.8 Å². The summed E-state index contributed by atoms with van der Waals surface area (Å²) in [6.45, 7) is 0.570. The number of fused-ring (bicyclic) bond motifs is 1. The second kappa shape index (κ2) is 1.95. The number of hydrogen-bond acceptors (Lipinski definition) is 5. The van der Waals surface area contributed by atoms with Gasteiger partial charge in [0, 0.05) is 0 Å². The standard InChI is InChI=1S/C5H6N4S/c6-4-3-5(8-1-7-4)10-2-9-3/h2,8H,1H2,(H2,6,7). The minimum Gasteiger partial charge on any atom is -0.382 e. The van der Waals surface area contributed by atoms with Crippen molar-refractivity contribution in [1.29, 1.82) is 0 Å². The van der Waals surface area contributed by atoms with Crippen molar-refractivity contribution in [3.8, 4) is 0 Å². The van der Waals surface area contributed by atoms with Gasteiger partial charge in [0.15, 0.2) is 0 Å². The highest BCUT2D eigenvalue weighted by Gasteiger charge is 2.12. The molecule has 0 aromatic carbocycles. The lowest BCUT2D eigenvalue weighted by atomic mass is 10.4. The van der Waals surface area contributed by atoms with Crippen molar-refractivity contribution in [2.75, 3.05) is 12.0 Å². The smallest absolute Gasteiger partial charge is 0.149 e. The summed E-state index contributed by atoms with van der Waals surface area (Å²) in [6, 6.07) is 0. The van der Waals surface area contributed by atoms with E-state index in [9.17, 15) is 0 Å². The fourth-order valence-corrected chi connectivity index (χ4v) is 1.51. The molecular weight excluding hydrogens is 148 g/mol. The van der Waals surface area contributed by atoms with Crippen molar-refractivity contribution in [2.24, 2.45) is 10.7 Å². The van der Waals surface area contributed by atoms with E-state index in [1.165, 1.54) is 0 Å². The second-order valence-corrected chi connectivity index (χ2v) is 2.76. The molecule has 1 aromatic rings. The van der Waals surface area contributed by atoms with Crippen molar-refractivity contribution in [3.05, 3.63) is 11.2 Å². The van der Waals surface area contributed by atoms with Gasteiger partial charge < -0.3 is 11.1 Å². The maximum atomic E-state index is 5.54. The first-order valence-corrected chi connectivity index (χ1v) is 3.73. The quantitative estimate of drug-likeness (QED) is 0.562. The van der Waals surface area contributed by atoms with E-state index >= 15 is 0 Å². The van der Waals surface area contributed by atoms with E-state index in [1.807, 2.05) is 0 Å². The van der Waals surface area contributed by atoms with Crippen LogP contribution in [0.25, 0.3) is 0 Å². The first-order valence-electron chi connectivity index (χ1n) is 2.85. The average molecular weight is 154 g/mol. The number of aliphatic imine (C=N–C) groups is 1. The third-order valence-electron chi connectivity index (χ3n) is 1.30. The maximum absolute atomic E-state index is 5.54. The highest BCUT2D eigenvalue weighted by Crippen LogP contribution is 2.21. The number of anilines is 1. The minimum atomic E-state index is 0.537. The van der Waals surface area contributed by atoms with Crippen LogP contribution in [0.5, 0.6) is 0 Å². The lowest BCUT2D eigenvalue weighted by molar-refractivity contribution is 1.10. The largest absolute Gasteiger partial charge is 0.382 e. The lowest BCUT2D eigenvalue weighted by Crippen LogP contribution is -2.21. The van der Waals surface area contributed by atoms with Crippen LogP contribution in [0, 0.1) is 0 Å². The Kier molecular flexibility index (Phi) is 1.10. The first-order chi connectivity index (χ1) is 4.88. The molecule has 0 aliphatic carbocycles. The normalized spacial score (nSPS) is 15.4. The van der Waals surface area contributed by atoms with Gasteiger partial charge in [-0.2, -0.15) is 0 Å². The van der Waals surface area contributed by atoms with Gasteiger partial charge in [0.25, 0.3) is 0 Å². The molecule has 10 heavy (non-hydrogen) atoms. The predicted molar refractivity (Wildman–Crippen MR) is 41.3 cm³/mol. The molecule has 0 saturated carbocycles. The van der Waals surface area contributed by atoms with Crippen LogP contribution in [0.1, 0.15) is 5.69 Å². The Morgan fingerprint density at radius 1 is 1.70 bits per heavy atom. The Bertz CT molecular complexity index is 277. The molecule has 4 nitrogen and oxygen atoms in total. The maximum Gasteiger partial charge on any atom is 0.149 e. The van der Waals surface area contributed by atoms with Crippen molar-refractivity contribution >= 4 is 22.2 Å². The Hall–Kier alpha value is -1.10. The monoisotopic (exact) mass is 154 g/mol. The van der Waals surface area contributed by atoms with Crippen LogP contribution in [0.3, 0.4) is 0 Å². The summed E-state index contributed by atoms with van der Waals surface area (Å²) in [6.07, 6.45) is 0. The fourth-order valence-electron chi connectivity index (χ4n) is 0.825. The minimum absolute atomic E-state index is 0.537. The number of nitrogens with one attached hydrogen (secondary N) is 1. The topological polar surface area (TPSA) is 63.3 Å². The van der Waals surface area contributed by atoms with E-state index in [2.05, 4.69) is 15.3 Å². The summed E-state index contributed by atoms with van der Waals surface area (Å²) in [5.41, 5.74) is 8.09. The van der Waals surface area contributed by atoms with Gasteiger partial charge >= 0.3 is 0 Å². The van der Waals surface area contributed by atoms with Gasteiger partial charge in [0.05, 0.1) is 5.51 Å². The van der Waals surface area contributed by atoms with Crippen LogP contribution >= 0.6 is 11.3 Å². The fraction of sp³-hybridized carbons (Fsp3) is 0.200. The average Bonchev–Trinajstić information content (AvgIpc) is 2.36. The molecule has 1 aliphatic rings. The number of amidine groups is 1. The van der Waals surface area contributed by atoms with Crippen molar-refractivity contribution in [1.82, 2.24) is 4.98 Å². The van der Waals surface area contributed by atoms with E-state index < -0.39 is 0 Å². The van der Waals surface area contributed by atoms with Gasteiger partial charge in [-0.15, -0.1) is 11.3 Å². The molecule has 52 valence electrons. The lowest BCUT2D eigenvalue weighted by Gasteiger charge is -2.08. The molecule has 0 unspecified atom stereocenters. The molecular formula is C5H6N4S. The third kappa shape index (κ3) is 0.672. The van der Waals surface area contributed by atoms with Crippen LogP contribution in [0.2, 0.25) is 0 Å². The van der Waals surface area contributed by atoms with Crippen LogP contribution in [-0.2, 0) is 0 Å². The molecule has 0 saturated heterocycles. The van der Waals surface area contributed by atoms with Crippen LogP contribution in [0.4, 0.5) is 5.00 Å². The molecule has 0 radical (unpaired) electrons. The van der Waals surface area contributed by atoms with E-state index in [4.69, 9.17) is 5.73 Å². The molecule has 5 heteroatoms. The number of aromatic nitrogens is 1. The first kappa shape index (κ1) is 5.67. The summed E-state index contributed by atoms with van der Waals surface area (Å²) >= 11 is 1.55. The molecule has 0 atom stereocenters. The molecule has 2 rings (SSSR count). The van der Waals surface area contributed by atoms with Crippen molar-refractivity contribution in [2.45, 2.75) is 0 Å². The van der Waals surface area contributed by atoms with Gasteiger partial charge in [-0.1, -0.05) is 0 Å². The van der Waals surface area contributed by atoms with Crippen molar-refractivity contribution in [3.63, 3.8) is 0 Å². The van der Waals surface area contributed by atoms with E-state index in [0.29, 0.717) is 12.5 Å². The van der Waals surface area contributed by atoms with Crippen LogP contribution in [0.15, 0.2) is 10.5 Å². The SMILES string of the molecule is NC1=NCNc2scnc21. The Morgan fingerprint density at radius 3 is 3.40 bits per heavy atom. The van der Waals surface area contributed by atoms with Crippen LogP contribution in [-0.4, -0.2) is 17.5 Å². The Morgan fingerprint density at radius 2 is 2.60 bits per heavy atom. The summed E-state index contributed by atoms with van der Waals surface area (Å²) in [5.74, 6) is 0.537. The number of nitrogens with two attached hydrogens (primary N) is 1. The van der Waals surface area contributed by atoms with Gasteiger partial charge in [-0.25, -0.2) is 9.98 Å². The summed E-state index contributed by atoms with van der Waals surface area (Å²) in [4.78, 5) is 8.01. The number of rotatable bonds is 0. The van der Waals surface area contributed by atoms with Gasteiger partial charge in [-0.05, 0) is 0 Å². The predicted octanol–water partition coefficient (Wildman–Crippen LogP) is 0.231. The Labute approximate surface area is 61.8 Å². The number of thiazole rings is 1. The molecule has 0 bridgehead atoms. The Balaban J connectivity index is 2.55. The van der Waals surface area contributed by atoms with Gasteiger partial charge in [0.1, 0.15) is 23.2 Å².